The van der Waals surface area contributed by atoms with Crippen LogP contribution >= 0.6 is 0 Å². The number of hydrogen-bond donors (Lipinski definition) is 1. The monoisotopic (exact) mass is 277 g/mol. The maximum absolute atomic E-state index is 3.43. The predicted molar refractivity (Wildman–Crippen MR) is 88.4 cm³/mol. The molecule has 1 N–H and O–H groups in total. The van der Waals surface area contributed by atoms with Gasteiger partial charge in [0, 0.05) is 25.7 Å². The van der Waals surface area contributed by atoms with Gasteiger partial charge in [0.05, 0.1) is 0 Å². The van der Waals surface area contributed by atoms with Gasteiger partial charge in [-0.3, -0.25) is 0 Å². The van der Waals surface area contributed by atoms with Crippen LogP contribution in [-0.4, -0.2) is 57.6 Å². The second-order valence-corrected chi connectivity index (χ2v) is 6.23. The number of hydrogen-bond acceptors (Lipinski definition) is 3. The van der Waals surface area contributed by atoms with Crippen molar-refractivity contribution in [1.82, 2.24) is 15.1 Å². The molecule has 1 aromatic carbocycles. The van der Waals surface area contributed by atoms with Crippen molar-refractivity contribution in [3.05, 3.63) is 35.4 Å². The zero-order valence-corrected chi connectivity index (χ0v) is 14.0. The summed E-state index contributed by atoms with van der Waals surface area (Å²) >= 11 is 0. The lowest BCUT2D eigenvalue weighted by Gasteiger charge is -2.25. The number of likely N-dealkylation sites (N-methyl/N-ethyl adjacent to an activating group) is 3. The Bertz CT molecular complexity index is 370. The lowest BCUT2D eigenvalue weighted by atomic mass is 9.99. The molecule has 1 atom stereocenters. The van der Waals surface area contributed by atoms with E-state index < -0.39 is 0 Å². The first kappa shape index (κ1) is 17.2. The Kier molecular flexibility index (Phi) is 7.20. The smallest absolute Gasteiger partial charge is 0.0446 e. The fourth-order valence-electron chi connectivity index (χ4n) is 2.25. The van der Waals surface area contributed by atoms with Gasteiger partial charge in [-0.15, -0.1) is 0 Å². The van der Waals surface area contributed by atoms with Crippen LogP contribution in [0.5, 0.6) is 0 Å². The van der Waals surface area contributed by atoms with Crippen LogP contribution in [0, 0.1) is 0 Å². The van der Waals surface area contributed by atoms with E-state index in [1.165, 1.54) is 11.1 Å². The summed E-state index contributed by atoms with van der Waals surface area (Å²) in [6.07, 6.45) is 0. The fourth-order valence-corrected chi connectivity index (χ4v) is 2.25. The summed E-state index contributed by atoms with van der Waals surface area (Å²) < 4.78 is 0. The lowest BCUT2D eigenvalue weighted by Crippen LogP contribution is -2.35. The maximum Gasteiger partial charge on any atom is 0.0446 e. The molecule has 1 unspecified atom stereocenters. The molecule has 0 heterocycles. The van der Waals surface area contributed by atoms with Gasteiger partial charge in [0.25, 0.3) is 0 Å². The van der Waals surface area contributed by atoms with E-state index in [0.717, 1.165) is 19.6 Å². The molecule has 1 aromatic rings. The third kappa shape index (κ3) is 5.61. The summed E-state index contributed by atoms with van der Waals surface area (Å²) in [5.41, 5.74) is 2.78. The molecule has 3 nitrogen and oxygen atoms in total. The Balaban J connectivity index is 2.61. The van der Waals surface area contributed by atoms with Gasteiger partial charge >= 0.3 is 0 Å². The molecule has 0 saturated carbocycles. The van der Waals surface area contributed by atoms with Crippen molar-refractivity contribution in [2.24, 2.45) is 0 Å². The van der Waals surface area contributed by atoms with E-state index in [2.05, 4.69) is 74.4 Å². The van der Waals surface area contributed by atoms with E-state index in [0.29, 0.717) is 12.0 Å². The molecule has 0 fully saturated rings. The summed E-state index contributed by atoms with van der Waals surface area (Å²) in [6.45, 7) is 7.69. The second-order valence-electron chi connectivity index (χ2n) is 6.23. The number of rotatable bonds is 8. The highest BCUT2D eigenvalue weighted by Gasteiger charge is 2.12. The van der Waals surface area contributed by atoms with Crippen LogP contribution in [-0.2, 0) is 0 Å². The van der Waals surface area contributed by atoms with E-state index in [4.69, 9.17) is 0 Å². The zero-order chi connectivity index (χ0) is 15.1. The van der Waals surface area contributed by atoms with Crippen LogP contribution in [0.1, 0.15) is 36.9 Å². The largest absolute Gasteiger partial charge is 0.312 e. The molecular formula is C17H31N3. The van der Waals surface area contributed by atoms with Crippen LogP contribution in [0.3, 0.4) is 0 Å². The molecule has 0 bridgehead atoms. The van der Waals surface area contributed by atoms with E-state index in [1.807, 2.05) is 7.05 Å². The first-order valence-corrected chi connectivity index (χ1v) is 7.54. The molecular weight excluding hydrogens is 246 g/mol. The van der Waals surface area contributed by atoms with Gasteiger partial charge < -0.3 is 15.1 Å². The van der Waals surface area contributed by atoms with Gasteiger partial charge in [-0.25, -0.2) is 0 Å². The van der Waals surface area contributed by atoms with E-state index in [9.17, 15) is 0 Å². The quantitative estimate of drug-likeness (QED) is 0.788. The maximum atomic E-state index is 3.43. The minimum Gasteiger partial charge on any atom is -0.312 e. The van der Waals surface area contributed by atoms with Crippen LogP contribution in [0.15, 0.2) is 24.3 Å². The predicted octanol–water partition coefficient (Wildman–Crippen LogP) is 2.56. The SMILES string of the molecule is CNC(CN(C)CCN(C)C)c1ccc(C(C)C)cc1. The van der Waals surface area contributed by atoms with Gasteiger partial charge in [0.15, 0.2) is 0 Å². The lowest BCUT2D eigenvalue weighted by molar-refractivity contribution is 0.260. The normalized spacial score (nSPS) is 13.4. The number of nitrogens with zero attached hydrogens (tertiary/aromatic N) is 2. The highest BCUT2D eigenvalue weighted by Crippen LogP contribution is 2.19. The average molecular weight is 277 g/mol. The molecule has 0 aliphatic rings. The Morgan fingerprint density at radius 3 is 1.95 bits per heavy atom. The highest BCUT2D eigenvalue weighted by atomic mass is 15.2. The van der Waals surface area contributed by atoms with Crippen molar-refractivity contribution in [2.45, 2.75) is 25.8 Å². The van der Waals surface area contributed by atoms with Crippen molar-refractivity contribution in [3.63, 3.8) is 0 Å². The van der Waals surface area contributed by atoms with E-state index in [-0.39, 0.29) is 0 Å². The van der Waals surface area contributed by atoms with Gasteiger partial charge in [-0.2, -0.15) is 0 Å². The Morgan fingerprint density at radius 2 is 1.50 bits per heavy atom. The molecule has 0 amide bonds. The first-order chi connectivity index (χ1) is 9.43. The number of nitrogens with one attached hydrogen (secondary N) is 1. The van der Waals surface area contributed by atoms with Crippen molar-refractivity contribution in [1.29, 1.82) is 0 Å². The van der Waals surface area contributed by atoms with Gasteiger partial charge in [0.2, 0.25) is 0 Å². The van der Waals surface area contributed by atoms with Crippen LogP contribution in [0.2, 0.25) is 0 Å². The molecule has 3 heteroatoms. The molecule has 0 aliphatic heterocycles. The minimum atomic E-state index is 0.392. The van der Waals surface area contributed by atoms with E-state index >= 15 is 0 Å². The van der Waals surface area contributed by atoms with Gasteiger partial charge in [0.1, 0.15) is 0 Å². The van der Waals surface area contributed by atoms with Crippen molar-refractivity contribution in [3.8, 4) is 0 Å². The molecule has 0 saturated heterocycles. The van der Waals surface area contributed by atoms with E-state index in [1.54, 1.807) is 0 Å². The average Bonchev–Trinajstić information content (AvgIpc) is 2.42. The van der Waals surface area contributed by atoms with Crippen molar-refractivity contribution < 1.29 is 0 Å². The third-order valence-electron chi connectivity index (χ3n) is 3.78. The van der Waals surface area contributed by atoms with Crippen molar-refractivity contribution in [2.75, 3.05) is 47.8 Å². The topological polar surface area (TPSA) is 18.5 Å². The van der Waals surface area contributed by atoms with Crippen LogP contribution < -0.4 is 5.32 Å². The second kappa shape index (κ2) is 8.40. The molecule has 114 valence electrons. The Hall–Kier alpha value is -0.900. The standard InChI is InChI=1S/C17H31N3/c1-14(2)15-7-9-16(10-8-15)17(18-3)13-20(6)12-11-19(4)5/h7-10,14,17-18H,11-13H2,1-6H3. The summed E-state index contributed by atoms with van der Waals surface area (Å²) in [7, 11) is 8.47. The first-order valence-electron chi connectivity index (χ1n) is 7.54. The minimum absolute atomic E-state index is 0.392. The summed E-state index contributed by atoms with van der Waals surface area (Å²) in [6, 6.07) is 9.42. The molecule has 0 aliphatic carbocycles. The highest BCUT2D eigenvalue weighted by molar-refractivity contribution is 5.27. The Labute approximate surface area is 125 Å². The zero-order valence-electron chi connectivity index (χ0n) is 14.0. The number of benzene rings is 1. The van der Waals surface area contributed by atoms with Crippen LogP contribution in [0.4, 0.5) is 0 Å². The molecule has 0 radical (unpaired) electrons. The Morgan fingerprint density at radius 1 is 0.950 bits per heavy atom. The third-order valence-corrected chi connectivity index (χ3v) is 3.78. The van der Waals surface area contributed by atoms with Gasteiger partial charge in [-0.05, 0) is 45.2 Å². The molecule has 1 rings (SSSR count). The molecule has 0 spiro atoms. The molecule has 0 aromatic heterocycles. The molecule has 20 heavy (non-hydrogen) atoms. The summed E-state index contributed by atoms with van der Waals surface area (Å²) in [5, 5.41) is 3.43. The van der Waals surface area contributed by atoms with Gasteiger partial charge in [-0.1, -0.05) is 38.1 Å². The fraction of sp³-hybridized carbons (Fsp3) is 0.647. The summed E-state index contributed by atoms with van der Waals surface area (Å²) in [4.78, 5) is 4.61. The van der Waals surface area contributed by atoms with Crippen molar-refractivity contribution >= 4 is 0 Å². The van der Waals surface area contributed by atoms with Crippen LogP contribution in [0.25, 0.3) is 0 Å². The summed E-state index contributed by atoms with van der Waals surface area (Å²) in [5.74, 6) is 0.597.